The van der Waals surface area contributed by atoms with Gasteiger partial charge in [0.2, 0.25) is 5.91 Å². The van der Waals surface area contributed by atoms with E-state index >= 15 is 0 Å². The van der Waals surface area contributed by atoms with Crippen LogP contribution in [-0.4, -0.2) is 42.7 Å². The second-order valence-electron chi connectivity index (χ2n) is 8.70. The smallest absolute Gasteiger partial charge is 0.333 e. The standard InChI is InChI=1S/C24H23Cl2N7O3/c25-15-3-5-16(6-4-15)33-20-22(30-21(33)19-17(26)2-1-9-29-19)31(12-14-7-10-28-11-8-14)24(36)32(23(20)35)13-18(27)34/h1-6,9,14,28H,7-8,10-13H2,(H2,27,34). The van der Waals surface area contributed by atoms with E-state index in [-0.39, 0.29) is 22.9 Å². The van der Waals surface area contributed by atoms with E-state index < -0.39 is 23.7 Å². The maximum Gasteiger partial charge on any atom is 0.333 e. The summed E-state index contributed by atoms with van der Waals surface area (Å²) in [6.07, 6.45) is 3.29. The summed E-state index contributed by atoms with van der Waals surface area (Å²) in [6, 6.07) is 10.2. The summed E-state index contributed by atoms with van der Waals surface area (Å²) in [4.78, 5) is 48.2. The van der Waals surface area contributed by atoms with Gasteiger partial charge in [-0.05, 0) is 68.2 Å². The third-order valence-electron chi connectivity index (χ3n) is 6.29. The van der Waals surface area contributed by atoms with E-state index in [1.807, 2.05) is 0 Å². The summed E-state index contributed by atoms with van der Waals surface area (Å²) in [5.74, 6) is -0.327. The summed E-state index contributed by atoms with van der Waals surface area (Å²) >= 11 is 12.6. The number of aromatic nitrogens is 5. The Labute approximate surface area is 215 Å². The minimum absolute atomic E-state index is 0.115. The Morgan fingerprint density at radius 1 is 1.08 bits per heavy atom. The molecule has 0 bridgehead atoms. The number of carbonyl (C=O) groups excluding carboxylic acids is 1. The average Bonchev–Trinajstić information content (AvgIpc) is 3.26. The average molecular weight is 528 g/mol. The van der Waals surface area contributed by atoms with Crippen molar-refractivity contribution in [3.63, 3.8) is 0 Å². The molecular weight excluding hydrogens is 505 g/mol. The molecule has 1 saturated heterocycles. The summed E-state index contributed by atoms with van der Waals surface area (Å²) in [7, 11) is 0. The van der Waals surface area contributed by atoms with Gasteiger partial charge >= 0.3 is 5.69 Å². The summed E-state index contributed by atoms with van der Waals surface area (Å²) in [5, 5.41) is 4.14. The minimum Gasteiger partial charge on any atom is -0.368 e. The van der Waals surface area contributed by atoms with E-state index in [1.54, 1.807) is 47.2 Å². The Morgan fingerprint density at radius 2 is 1.81 bits per heavy atom. The second kappa shape index (κ2) is 9.88. The number of pyridine rings is 1. The molecule has 4 heterocycles. The maximum absolute atomic E-state index is 13.7. The van der Waals surface area contributed by atoms with Gasteiger partial charge in [-0.15, -0.1) is 0 Å². The highest BCUT2D eigenvalue weighted by Gasteiger charge is 2.27. The normalized spacial score (nSPS) is 14.4. The van der Waals surface area contributed by atoms with Crippen molar-refractivity contribution in [3.05, 3.63) is 73.5 Å². The zero-order valence-electron chi connectivity index (χ0n) is 19.2. The highest BCUT2D eigenvalue weighted by atomic mass is 35.5. The van der Waals surface area contributed by atoms with Crippen LogP contribution in [0.15, 0.2) is 52.2 Å². The van der Waals surface area contributed by atoms with Gasteiger partial charge in [-0.1, -0.05) is 23.2 Å². The Kier molecular flexibility index (Phi) is 6.65. The van der Waals surface area contributed by atoms with Crippen LogP contribution in [-0.2, 0) is 17.9 Å². The molecule has 36 heavy (non-hydrogen) atoms. The number of carbonyl (C=O) groups is 1. The van der Waals surface area contributed by atoms with Gasteiger partial charge in [0.15, 0.2) is 17.0 Å². The van der Waals surface area contributed by atoms with E-state index in [0.29, 0.717) is 28.0 Å². The molecule has 0 saturated carbocycles. The second-order valence-corrected chi connectivity index (χ2v) is 9.54. The Bertz CT molecular complexity index is 1570. The van der Waals surface area contributed by atoms with Gasteiger partial charge in [0.25, 0.3) is 5.56 Å². The molecule has 0 unspecified atom stereocenters. The quantitative estimate of drug-likeness (QED) is 0.395. The van der Waals surface area contributed by atoms with Crippen molar-refractivity contribution in [1.29, 1.82) is 0 Å². The van der Waals surface area contributed by atoms with Crippen LogP contribution >= 0.6 is 23.2 Å². The molecule has 0 spiro atoms. The van der Waals surface area contributed by atoms with Crippen molar-refractivity contribution >= 4 is 40.3 Å². The minimum atomic E-state index is -0.799. The topological polar surface area (TPSA) is 130 Å². The van der Waals surface area contributed by atoms with Crippen LogP contribution in [0.3, 0.4) is 0 Å². The Hall–Kier alpha value is -3.47. The fourth-order valence-electron chi connectivity index (χ4n) is 4.57. The third kappa shape index (κ3) is 4.43. The van der Waals surface area contributed by atoms with Gasteiger partial charge in [0.05, 0.1) is 5.02 Å². The van der Waals surface area contributed by atoms with Gasteiger partial charge in [0.1, 0.15) is 12.2 Å². The largest absolute Gasteiger partial charge is 0.368 e. The van der Waals surface area contributed by atoms with Gasteiger partial charge in [-0.2, -0.15) is 0 Å². The predicted octanol–water partition coefficient (Wildman–Crippen LogP) is 2.20. The van der Waals surface area contributed by atoms with Gasteiger partial charge < -0.3 is 11.1 Å². The molecule has 0 atom stereocenters. The molecular formula is C24H23Cl2N7O3. The molecule has 1 amide bonds. The lowest BCUT2D eigenvalue weighted by Crippen LogP contribution is -2.44. The van der Waals surface area contributed by atoms with Crippen LogP contribution in [0.4, 0.5) is 0 Å². The first kappa shape index (κ1) is 24.2. The highest BCUT2D eigenvalue weighted by molar-refractivity contribution is 6.33. The number of halogens is 2. The summed E-state index contributed by atoms with van der Waals surface area (Å²) in [5.41, 5.74) is 5.29. The molecule has 5 rings (SSSR count). The van der Waals surface area contributed by atoms with Crippen molar-refractivity contribution in [2.24, 2.45) is 11.7 Å². The van der Waals surface area contributed by atoms with Crippen LogP contribution in [0.5, 0.6) is 0 Å². The van der Waals surface area contributed by atoms with E-state index in [0.717, 1.165) is 30.5 Å². The number of nitrogens with two attached hydrogens (primary N) is 1. The van der Waals surface area contributed by atoms with E-state index in [2.05, 4.69) is 10.3 Å². The van der Waals surface area contributed by atoms with E-state index in [4.69, 9.17) is 33.9 Å². The lowest BCUT2D eigenvalue weighted by atomic mass is 9.98. The first-order valence-electron chi connectivity index (χ1n) is 11.5. The molecule has 4 aromatic rings. The predicted molar refractivity (Wildman–Crippen MR) is 138 cm³/mol. The molecule has 1 aromatic carbocycles. The molecule has 1 fully saturated rings. The number of imidazole rings is 1. The highest BCUT2D eigenvalue weighted by Crippen LogP contribution is 2.30. The number of nitrogens with one attached hydrogen (secondary N) is 1. The molecule has 10 nitrogen and oxygen atoms in total. The van der Waals surface area contributed by atoms with Crippen LogP contribution in [0.1, 0.15) is 12.8 Å². The third-order valence-corrected chi connectivity index (χ3v) is 6.85. The Balaban J connectivity index is 1.88. The van der Waals surface area contributed by atoms with Gasteiger partial charge in [0, 0.05) is 23.5 Å². The number of hydrogen-bond donors (Lipinski definition) is 2. The lowest BCUT2D eigenvalue weighted by molar-refractivity contribution is -0.118. The first-order chi connectivity index (χ1) is 17.3. The monoisotopic (exact) mass is 527 g/mol. The fourth-order valence-corrected chi connectivity index (χ4v) is 4.90. The van der Waals surface area contributed by atoms with Crippen LogP contribution in [0, 0.1) is 5.92 Å². The van der Waals surface area contributed by atoms with Gasteiger partial charge in [-0.3, -0.25) is 23.7 Å². The number of hydrogen-bond acceptors (Lipinski definition) is 6. The van der Waals surface area contributed by atoms with Crippen LogP contribution in [0.25, 0.3) is 28.4 Å². The summed E-state index contributed by atoms with van der Waals surface area (Å²) in [6.45, 7) is 1.45. The molecule has 3 N–H and O–H groups in total. The molecule has 186 valence electrons. The van der Waals surface area contributed by atoms with E-state index in [1.165, 1.54) is 4.57 Å². The van der Waals surface area contributed by atoms with Gasteiger partial charge in [-0.25, -0.2) is 14.3 Å². The summed E-state index contributed by atoms with van der Waals surface area (Å²) < 4.78 is 3.92. The first-order valence-corrected chi connectivity index (χ1v) is 12.2. The SMILES string of the molecule is NC(=O)Cn1c(=O)c2c(nc(-c3ncccc3Cl)n2-c2ccc(Cl)cc2)n(CC2CCNCC2)c1=O. The lowest BCUT2D eigenvalue weighted by Gasteiger charge is -2.23. The number of benzene rings is 1. The fraction of sp³-hybridized carbons (Fsp3) is 0.292. The maximum atomic E-state index is 13.7. The van der Waals surface area contributed by atoms with Crippen LogP contribution < -0.4 is 22.3 Å². The van der Waals surface area contributed by atoms with E-state index in [9.17, 15) is 14.4 Å². The molecule has 1 aliphatic heterocycles. The number of primary amides is 1. The molecule has 12 heteroatoms. The molecule has 1 aliphatic rings. The molecule has 0 radical (unpaired) electrons. The van der Waals surface area contributed by atoms with Crippen molar-refractivity contribution < 1.29 is 4.79 Å². The number of amides is 1. The van der Waals surface area contributed by atoms with Crippen molar-refractivity contribution in [2.75, 3.05) is 13.1 Å². The number of rotatable bonds is 6. The molecule has 3 aromatic heterocycles. The van der Waals surface area contributed by atoms with Crippen LogP contribution in [0.2, 0.25) is 10.0 Å². The van der Waals surface area contributed by atoms with Crippen molar-refractivity contribution in [1.82, 2.24) is 29.0 Å². The number of piperidine rings is 1. The molecule has 0 aliphatic carbocycles. The number of fused-ring (bicyclic) bond motifs is 1. The zero-order chi connectivity index (χ0) is 25.4. The van der Waals surface area contributed by atoms with Crippen molar-refractivity contribution in [3.8, 4) is 17.2 Å². The van der Waals surface area contributed by atoms with Crippen molar-refractivity contribution in [2.45, 2.75) is 25.9 Å². The number of nitrogens with zero attached hydrogens (tertiary/aromatic N) is 5. The Morgan fingerprint density at radius 3 is 2.47 bits per heavy atom. The zero-order valence-corrected chi connectivity index (χ0v) is 20.7.